The topological polar surface area (TPSA) is 82.7 Å². The summed E-state index contributed by atoms with van der Waals surface area (Å²) in [5.74, 6) is -0.352. The second kappa shape index (κ2) is 8.49. The number of amides is 1. The molecule has 1 aliphatic heterocycles. The van der Waals surface area contributed by atoms with Gasteiger partial charge in [0.1, 0.15) is 5.69 Å². The Kier molecular flexibility index (Phi) is 6.58. The van der Waals surface area contributed by atoms with Crippen molar-refractivity contribution in [2.75, 3.05) is 33.3 Å². The Hall–Kier alpha value is -2.15. The molecule has 0 spiro atoms. The summed E-state index contributed by atoms with van der Waals surface area (Å²) in [6, 6.07) is 0.241. The van der Waals surface area contributed by atoms with Gasteiger partial charge in [0.2, 0.25) is 5.91 Å². The van der Waals surface area contributed by atoms with Crippen LogP contribution < -0.4 is 0 Å². The maximum absolute atomic E-state index is 12.8. The Labute approximate surface area is 154 Å². The zero-order valence-electron chi connectivity index (χ0n) is 16.3. The molecule has 7 heteroatoms. The van der Waals surface area contributed by atoms with Gasteiger partial charge in [-0.05, 0) is 39.2 Å². The number of aromatic nitrogens is 1. The lowest BCUT2D eigenvalue weighted by atomic mass is 10.0. The minimum absolute atomic E-state index is 0.00479. The van der Waals surface area contributed by atoms with Crippen LogP contribution in [-0.2, 0) is 9.53 Å². The van der Waals surface area contributed by atoms with Crippen molar-refractivity contribution in [2.45, 2.75) is 46.6 Å². The largest absolute Gasteiger partial charge is 0.461 e. The number of carbonyl (C=O) groups excluding carboxylic acids is 3. The molecule has 2 rings (SSSR count). The van der Waals surface area contributed by atoms with Crippen LogP contribution in [0.1, 0.15) is 58.8 Å². The first-order valence-electron chi connectivity index (χ1n) is 9.11. The molecular formula is C19H29N3O4. The van der Waals surface area contributed by atoms with Crippen LogP contribution in [0.5, 0.6) is 0 Å². The van der Waals surface area contributed by atoms with E-state index >= 15 is 0 Å². The Bertz CT molecular complexity index is 687. The molecule has 1 aliphatic rings. The smallest absolute Gasteiger partial charge is 0.355 e. The van der Waals surface area contributed by atoms with Crippen LogP contribution in [-0.4, -0.2) is 71.8 Å². The van der Waals surface area contributed by atoms with Crippen LogP contribution in [0.4, 0.5) is 0 Å². The van der Waals surface area contributed by atoms with Gasteiger partial charge in [0.25, 0.3) is 0 Å². The van der Waals surface area contributed by atoms with Crippen molar-refractivity contribution >= 4 is 17.7 Å². The first-order chi connectivity index (χ1) is 12.3. The highest BCUT2D eigenvalue weighted by Crippen LogP contribution is 2.21. The number of nitrogens with one attached hydrogen (secondary N) is 1. The third-order valence-corrected chi connectivity index (χ3v) is 5.16. The van der Waals surface area contributed by atoms with E-state index in [9.17, 15) is 14.4 Å². The number of aryl methyl sites for hydroxylation is 1. The molecule has 1 N–H and O–H groups in total. The van der Waals surface area contributed by atoms with Crippen LogP contribution in [0, 0.1) is 13.8 Å². The van der Waals surface area contributed by atoms with Crippen molar-refractivity contribution in [1.82, 2.24) is 14.8 Å². The molecule has 2 heterocycles. The lowest BCUT2D eigenvalue weighted by molar-refractivity contribution is -0.130. The molecule has 0 aliphatic carbocycles. The van der Waals surface area contributed by atoms with E-state index in [-0.39, 0.29) is 17.7 Å². The molecule has 144 valence electrons. The fourth-order valence-electron chi connectivity index (χ4n) is 3.58. The molecule has 1 saturated heterocycles. The zero-order valence-corrected chi connectivity index (χ0v) is 16.3. The molecule has 1 aromatic heterocycles. The second-order valence-electron chi connectivity index (χ2n) is 6.91. The van der Waals surface area contributed by atoms with E-state index in [2.05, 4.69) is 9.88 Å². The molecule has 0 saturated carbocycles. The maximum Gasteiger partial charge on any atom is 0.355 e. The van der Waals surface area contributed by atoms with Crippen molar-refractivity contribution in [3.05, 3.63) is 22.5 Å². The van der Waals surface area contributed by atoms with Gasteiger partial charge in [0, 0.05) is 44.4 Å². The number of ether oxygens (including phenoxy) is 1. The van der Waals surface area contributed by atoms with E-state index in [1.807, 2.05) is 7.05 Å². The molecule has 0 aromatic carbocycles. The fourth-order valence-corrected chi connectivity index (χ4v) is 3.58. The predicted octanol–water partition coefficient (Wildman–Crippen LogP) is 1.93. The Morgan fingerprint density at radius 1 is 1.23 bits per heavy atom. The summed E-state index contributed by atoms with van der Waals surface area (Å²) in [6.07, 6.45) is 1.73. The van der Waals surface area contributed by atoms with Crippen LogP contribution in [0.25, 0.3) is 0 Å². The number of nitrogens with zero attached hydrogens (tertiary/aromatic N) is 2. The normalized spacial score (nSPS) is 15.7. The summed E-state index contributed by atoms with van der Waals surface area (Å²) in [5.41, 5.74) is 2.28. The van der Waals surface area contributed by atoms with Gasteiger partial charge < -0.3 is 14.6 Å². The molecule has 1 fully saturated rings. The predicted molar refractivity (Wildman–Crippen MR) is 98.5 cm³/mol. The van der Waals surface area contributed by atoms with E-state index < -0.39 is 5.97 Å². The van der Waals surface area contributed by atoms with Gasteiger partial charge in [0.05, 0.1) is 13.2 Å². The Morgan fingerprint density at radius 3 is 2.38 bits per heavy atom. The minimum Gasteiger partial charge on any atom is -0.461 e. The Balaban J connectivity index is 2.01. The van der Waals surface area contributed by atoms with Crippen molar-refractivity contribution < 1.29 is 19.1 Å². The molecule has 1 aromatic rings. The highest BCUT2D eigenvalue weighted by atomic mass is 16.5. The quantitative estimate of drug-likeness (QED) is 0.617. The van der Waals surface area contributed by atoms with Crippen LogP contribution in [0.3, 0.4) is 0 Å². The number of ketones is 1. The number of carbonyl (C=O) groups is 3. The molecule has 0 atom stereocenters. The number of likely N-dealkylation sites (tertiary alicyclic amines) is 1. The lowest BCUT2D eigenvalue weighted by Gasteiger charge is -2.36. The van der Waals surface area contributed by atoms with Gasteiger partial charge in [-0.25, -0.2) is 4.79 Å². The molecular weight excluding hydrogens is 334 g/mol. The van der Waals surface area contributed by atoms with E-state index in [1.54, 1.807) is 32.6 Å². The lowest BCUT2D eigenvalue weighted by Crippen LogP contribution is -2.46. The standard InChI is InChI=1S/C19H29N3O4/c1-6-26-19(25)18-12(2)17(13(3)20-18)16(24)11-22-9-7-15(8-10-22)21(5)14(4)23/h15,20H,6-11H2,1-5H3. The number of hydrogen-bond donors (Lipinski definition) is 1. The third kappa shape index (κ3) is 4.33. The summed E-state index contributed by atoms with van der Waals surface area (Å²) < 4.78 is 5.04. The number of rotatable bonds is 6. The van der Waals surface area contributed by atoms with Crippen molar-refractivity contribution in [1.29, 1.82) is 0 Å². The number of esters is 1. The van der Waals surface area contributed by atoms with Gasteiger partial charge in [-0.2, -0.15) is 0 Å². The van der Waals surface area contributed by atoms with E-state index in [0.29, 0.717) is 35.7 Å². The van der Waals surface area contributed by atoms with Gasteiger partial charge in [-0.15, -0.1) is 0 Å². The average Bonchev–Trinajstić information content (AvgIpc) is 2.89. The van der Waals surface area contributed by atoms with E-state index in [4.69, 9.17) is 4.74 Å². The molecule has 0 radical (unpaired) electrons. The minimum atomic E-state index is -0.430. The SMILES string of the molecule is CCOC(=O)c1[nH]c(C)c(C(=O)CN2CCC(N(C)C(C)=O)CC2)c1C. The summed E-state index contributed by atoms with van der Waals surface area (Å²) in [6.45, 7) is 9.08. The van der Waals surface area contributed by atoms with Crippen molar-refractivity contribution in [3.63, 3.8) is 0 Å². The molecule has 7 nitrogen and oxygen atoms in total. The zero-order chi connectivity index (χ0) is 19.4. The summed E-state index contributed by atoms with van der Waals surface area (Å²) in [7, 11) is 1.83. The van der Waals surface area contributed by atoms with E-state index in [1.165, 1.54) is 0 Å². The third-order valence-electron chi connectivity index (χ3n) is 5.16. The second-order valence-corrected chi connectivity index (χ2v) is 6.91. The maximum atomic E-state index is 12.8. The molecule has 26 heavy (non-hydrogen) atoms. The first-order valence-corrected chi connectivity index (χ1v) is 9.11. The first kappa shape index (κ1) is 20.2. The van der Waals surface area contributed by atoms with Gasteiger partial charge in [-0.3, -0.25) is 14.5 Å². The van der Waals surface area contributed by atoms with Crippen molar-refractivity contribution in [3.8, 4) is 0 Å². The summed E-state index contributed by atoms with van der Waals surface area (Å²) in [4.78, 5) is 43.2. The fraction of sp³-hybridized carbons (Fsp3) is 0.632. The van der Waals surface area contributed by atoms with Crippen LogP contribution in [0.2, 0.25) is 0 Å². The van der Waals surface area contributed by atoms with Gasteiger partial charge >= 0.3 is 5.97 Å². The molecule has 0 bridgehead atoms. The number of H-pyrrole nitrogens is 1. The number of aromatic amines is 1. The molecule has 1 amide bonds. The van der Waals surface area contributed by atoms with Crippen LogP contribution >= 0.6 is 0 Å². The van der Waals surface area contributed by atoms with Gasteiger partial charge in [0.15, 0.2) is 5.78 Å². The number of piperidine rings is 1. The Morgan fingerprint density at radius 2 is 1.85 bits per heavy atom. The average molecular weight is 363 g/mol. The van der Waals surface area contributed by atoms with Crippen LogP contribution in [0.15, 0.2) is 0 Å². The summed E-state index contributed by atoms with van der Waals surface area (Å²) in [5, 5.41) is 0. The summed E-state index contributed by atoms with van der Waals surface area (Å²) >= 11 is 0. The van der Waals surface area contributed by atoms with Crippen molar-refractivity contribution in [2.24, 2.45) is 0 Å². The highest BCUT2D eigenvalue weighted by molar-refractivity contribution is 6.03. The van der Waals surface area contributed by atoms with Gasteiger partial charge in [-0.1, -0.05) is 0 Å². The van der Waals surface area contributed by atoms with E-state index in [0.717, 1.165) is 25.9 Å². The molecule has 0 unspecified atom stereocenters. The highest BCUT2D eigenvalue weighted by Gasteiger charge is 2.27. The number of hydrogen-bond acceptors (Lipinski definition) is 5. The number of Topliss-reactive ketones (excluding diaryl/α,β-unsaturated/α-hetero) is 1. The monoisotopic (exact) mass is 363 g/mol.